The minimum absolute atomic E-state index is 0.0715. The molecule has 1 aliphatic heterocycles. The van der Waals surface area contributed by atoms with Crippen LogP contribution in [0.15, 0.2) is 41.3 Å². The topological polar surface area (TPSA) is 102 Å². The molecule has 2 aromatic carbocycles. The van der Waals surface area contributed by atoms with Gasteiger partial charge in [0, 0.05) is 31.3 Å². The SMILES string of the molecule is COCc1cc(C(C)=O)ccc1OCC(=O)Nc1cc(S(=O)(=O)N2CCCC2)ccc1Cl. The molecule has 1 amide bonds. The molecule has 0 aliphatic carbocycles. The number of nitrogens with one attached hydrogen (secondary N) is 1. The molecule has 1 N–H and O–H groups in total. The summed E-state index contributed by atoms with van der Waals surface area (Å²) in [6.07, 6.45) is 1.65. The fraction of sp³-hybridized carbons (Fsp3) is 0.364. The Labute approximate surface area is 192 Å². The van der Waals surface area contributed by atoms with Gasteiger partial charge in [0.15, 0.2) is 12.4 Å². The molecule has 0 saturated carbocycles. The van der Waals surface area contributed by atoms with Gasteiger partial charge in [-0.25, -0.2) is 8.42 Å². The molecule has 0 aromatic heterocycles. The molecule has 0 bridgehead atoms. The molecule has 0 atom stereocenters. The molecular weight excluding hydrogens is 456 g/mol. The Kier molecular flexibility index (Phi) is 7.89. The quantitative estimate of drug-likeness (QED) is 0.551. The summed E-state index contributed by atoms with van der Waals surface area (Å²) in [6.45, 7) is 2.29. The first-order valence-corrected chi connectivity index (χ1v) is 11.9. The Hall–Kier alpha value is -2.46. The van der Waals surface area contributed by atoms with E-state index in [9.17, 15) is 18.0 Å². The fourth-order valence-electron chi connectivity index (χ4n) is 3.38. The van der Waals surface area contributed by atoms with E-state index >= 15 is 0 Å². The third-order valence-electron chi connectivity index (χ3n) is 5.04. The lowest BCUT2D eigenvalue weighted by atomic mass is 10.1. The number of benzene rings is 2. The molecule has 1 saturated heterocycles. The number of amides is 1. The highest BCUT2D eigenvalue weighted by atomic mass is 35.5. The van der Waals surface area contributed by atoms with Gasteiger partial charge in [0.2, 0.25) is 10.0 Å². The molecule has 32 heavy (non-hydrogen) atoms. The van der Waals surface area contributed by atoms with Crippen LogP contribution in [0.2, 0.25) is 5.02 Å². The number of sulfonamides is 1. The normalized spacial score (nSPS) is 14.3. The van der Waals surface area contributed by atoms with Gasteiger partial charge in [0.05, 0.1) is 22.2 Å². The lowest BCUT2D eigenvalue weighted by Gasteiger charge is -2.17. The van der Waals surface area contributed by atoms with Gasteiger partial charge in [-0.2, -0.15) is 4.31 Å². The minimum Gasteiger partial charge on any atom is -0.483 e. The molecule has 2 aromatic rings. The maximum atomic E-state index is 12.8. The predicted molar refractivity (Wildman–Crippen MR) is 121 cm³/mol. The molecule has 8 nitrogen and oxygen atoms in total. The Morgan fingerprint density at radius 1 is 1.12 bits per heavy atom. The summed E-state index contributed by atoms with van der Waals surface area (Å²) in [5.41, 5.74) is 1.32. The number of anilines is 1. The number of hydrogen-bond donors (Lipinski definition) is 1. The highest BCUT2D eigenvalue weighted by molar-refractivity contribution is 7.89. The van der Waals surface area contributed by atoms with Crippen LogP contribution in [0.3, 0.4) is 0 Å². The molecular formula is C22H25ClN2O6S. The number of carbonyl (C=O) groups excluding carboxylic acids is 2. The van der Waals surface area contributed by atoms with Crippen molar-refractivity contribution in [2.75, 3.05) is 32.1 Å². The van der Waals surface area contributed by atoms with Crippen LogP contribution in [0.25, 0.3) is 0 Å². The van der Waals surface area contributed by atoms with E-state index in [1.54, 1.807) is 18.2 Å². The molecule has 1 aliphatic rings. The van der Waals surface area contributed by atoms with Crippen LogP contribution in [0, 0.1) is 0 Å². The summed E-state index contributed by atoms with van der Waals surface area (Å²) in [4.78, 5) is 24.1. The van der Waals surface area contributed by atoms with Crippen LogP contribution < -0.4 is 10.1 Å². The lowest BCUT2D eigenvalue weighted by Crippen LogP contribution is -2.28. The number of methoxy groups -OCH3 is 1. The molecule has 1 fully saturated rings. The van der Waals surface area contributed by atoms with Gasteiger partial charge in [-0.15, -0.1) is 0 Å². The van der Waals surface area contributed by atoms with E-state index in [1.165, 1.54) is 36.5 Å². The number of nitrogens with zero attached hydrogens (tertiary/aromatic N) is 1. The van der Waals surface area contributed by atoms with Crippen molar-refractivity contribution in [1.29, 1.82) is 0 Å². The minimum atomic E-state index is -3.64. The van der Waals surface area contributed by atoms with E-state index in [1.807, 2.05) is 0 Å². The van der Waals surface area contributed by atoms with Crippen molar-refractivity contribution in [3.05, 3.63) is 52.5 Å². The number of halogens is 1. The maximum Gasteiger partial charge on any atom is 0.262 e. The standard InChI is InChI=1S/C22H25ClN2O6S/c1-15(26)16-5-8-21(17(11-16)13-30-2)31-14-22(27)24-20-12-18(6-7-19(20)23)32(28,29)25-9-3-4-10-25/h5-8,11-12H,3-4,9-10,13-14H2,1-2H3,(H,24,27). The Bertz CT molecular complexity index is 1110. The Balaban J connectivity index is 1.71. The average molecular weight is 481 g/mol. The van der Waals surface area contributed by atoms with Crippen molar-refractivity contribution >= 4 is 39.0 Å². The van der Waals surface area contributed by atoms with E-state index in [0.717, 1.165) is 12.8 Å². The summed E-state index contributed by atoms with van der Waals surface area (Å²) >= 11 is 6.17. The molecule has 3 rings (SSSR count). The molecule has 0 radical (unpaired) electrons. The number of hydrogen-bond acceptors (Lipinski definition) is 6. The summed E-state index contributed by atoms with van der Waals surface area (Å²) in [5, 5.41) is 2.81. The van der Waals surface area contributed by atoms with Crippen molar-refractivity contribution in [1.82, 2.24) is 4.31 Å². The van der Waals surface area contributed by atoms with Gasteiger partial charge in [-0.1, -0.05) is 11.6 Å². The van der Waals surface area contributed by atoms with E-state index in [0.29, 0.717) is 30.0 Å². The number of carbonyl (C=O) groups is 2. The maximum absolute atomic E-state index is 12.8. The highest BCUT2D eigenvalue weighted by Crippen LogP contribution is 2.28. The van der Waals surface area contributed by atoms with Crippen molar-refractivity contribution in [2.24, 2.45) is 0 Å². The van der Waals surface area contributed by atoms with E-state index < -0.39 is 15.9 Å². The largest absolute Gasteiger partial charge is 0.483 e. The first kappa shape index (κ1) is 24.2. The number of rotatable bonds is 9. The second kappa shape index (κ2) is 10.4. The highest BCUT2D eigenvalue weighted by Gasteiger charge is 2.27. The summed E-state index contributed by atoms with van der Waals surface area (Å²) in [5.74, 6) is -0.199. The van der Waals surface area contributed by atoms with Gasteiger partial charge in [0.25, 0.3) is 5.91 Å². The van der Waals surface area contributed by atoms with Crippen LogP contribution in [0.4, 0.5) is 5.69 Å². The molecule has 0 unspecified atom stereocenters. The zero-order valence-corrected chi connectivity index (χ0v) is 19.5. The summed E-state index contributed by atoms with van der Waals surface area (Å²) in [6, 6.07) is 9.09. The first-order valence-electron chi connectivity index (χ1n) is 10.1. The van der Waals surface area contributed by atoms with Gasteiger partial charge >= 0.3 is 0 Å². The van der Waals surface area contributed by atoms with Gasteiger partial charge in [0.1, 0.15) is 5.75 Å². The Morgan fingerprint density at radius 3 is 2.50 bits per heavy atom. The smallest absolute Gasteiger partial charge is 0.262 e. The second-order valence-electron chi connectivity index (χ2n) is 7.40. The van der Waals surface area contributed by atoms with Gasteiger partial charge in [-0.05, 0) is 56.2 Å². The van der Waals surface area contributed by atoms with Crippen LogP contribution >= 0.6 is 11.6 Å². The van der Waals surface area contributed by atoms with Crippen LogP contribution in [0.1, 0.15) is 35.7 Å². The van der Waals surface area contributed by atoms with E-state index in [4.69, 9.17) is 21.1 Å². The monoisotopic (exact) mass is 480 g/mol. The van der Waals surface area contributed by atoms with Gasteiger partial charge < -0.3 is 14.8 Å². The Morgan fingerprint density at radius 2 is 1.84 bits per heavy atom. The van der Waals surface area contributed by atoms with Crippen molar-refractivity contribution < 1.29 is 27.5 Å². The molecule has 0 spiro atoms. The molecule has 172 valence electrons. The zero-order chi connectivity index (χ0) is 23.3. The van der Waals surface area contributed by atoms with E-state index in [2.05, 4.69) is 5.32 Å². The molecule has 1 heterocycles. The van der Waals surface area contributed by atoms with Crippen LogP contribution in [-0.4, -0.2) is 51.2 Å². The van der Waals surface area contributed by atoms with E-state index in [-0.39, 0.29) is 34.6 Å². The number of ether oxygens (including phenoxy) is 2. The predicted octanol–water partition coefficient (Wildman–Crippen LogP) is 3.49. The van der Waals surface area contributed by atoms with Crippen molar-refractivity contribution in [2.45, 2.75) is 31.3 Å². The third-order valence-corrected chi connectivity index (χ3v) is 7.26. The molecule has 10 heteroatoms. The first-order chi connectivity index (χ1) is 15.2. The second-order valence-corrected chi connectivity index (χ2v) is 9.75. The van der Waals surface area contributed by atoms with Crippen LogP contribution in [0.5, 0.6) is 5.75 Å². The number of Topliss-reactive ketones (excluding diaryl/α,β-unsaturated/α-hetero) is 1. The average Bonchev–Trinajstić information content (AvgIpc) is 3.30. The van der Waals surface area contributed by atoms with Crippen molar-refractivity contribution in [3.63, 3.8) is 0 Å². The zero-order valence-electron chi connectivity index (χ0n) is 17.9. The van der Waals surface area contributed by atoms with Crippen molar-refractivity contribution in [3.8, 4) is 5.75 Å². The van der Waals surface area contributed by atoms with Gasteiger partial charge in [-0.3, -0.25) is 9.59 Å². The number of ketones is 1. The summed E-state index contributed by atoms with van der Waals surface area (Å²) < 4.78 is 37.7. The lowest BCUT2D eigenvalue weighted by molar-refractivity contribution is -0.118. The third kappa shape index (κ3) is 5.66. The summed E-state index contributed by atoms with van der Waals surface area (Å²) in [7, 11) is -2.13. The fourth-order valence-corrected chi connectivity index (χ4v) is 5.08. The van der Waals surface area contributed by atoms with Crippen LogP contribution in [-0.2, 0) is 26.2 Å².